The molecule has 15 heavy (non-hydrogen) atoms. The minimum Gasteiger partial charge on any atom is -0.316 e. The average Bonchev–Trinajstić information content (AvgIpc) is 2.16. The minimum atomic E-state index is -3.45. The summed E-state index contributed by atoms with van der Waals surface area (Å²) < 4.78 is 16.5. The topological polar surface area (TPSA) is 46.5 Å². The number of rotatable bonds is 1. The van der Waals surface area contributed by atoms with Crippen molar-refractivity contribution in [2.24, 2.45) is 0 Å². The van der Waals surface area contributed by atoms with Gasteiger partial charge in [-0.05, 0) is 30.3 Å². The van der Waals surface area contributed by atoms with Crippen LogP contribution < -0.4 is 0 Å². The highest BCUT2D eigenvalue weighted by atomic mass is 32.7. The van der Waals surface area contributed by atoms with Crippen LogP contribution in [-0.4, -0.2) is 11.0 Å². The summed E-state index contributed by atoms with van der Waals surface area (Å²) in [5, 5.41) is 0.0609. The predicted octanol–water partition coefficient (Wildman–Crippen LogP) is 3.37. The maximum Gasteiger partial charge on any atom is 0.387 e. The second kappa shape index (κ2) is 4.30. The van der Waals surface area contributed by atoms with E-state index in [0.717, 1.165) is 23.4 Å². The lowest BCUT2D eigenvalue weighted by atomic mass is 10.1. The molecule has 5 heteroatoms. The Labute approximate surface area is 93.1 Å². The monoisotopic (exact) mass is 244 g/mol. The van der Waals surface area contributed by atoms with Crippen LogP contribution in [0.25, 0.3) is 0 Å². The van der Waals surface area contributed by atoms with Crippen LogP contribution in [0.5, 0.6) is 0 Å². The molecule has 1 aromatic rings. The standard InChI is InChI=1S/C10H13O3PS/c1-8-7-10(15-14(11,12)13-8)9-5-3-2-4-6-9/h2-6,8,10H,7H2,1H3,(H,11,12). The first-order valence-corrected chi connectivity index (χ1v) is 7.87. The fraction of sp³-hybridized carbons (Fsp3) is 0.400. The Balaban J connectivity index is 2.20. The van der Waals surface area contributed by atoms with Crippen molar-refractivity contribution in [3.63, 3.8) is 0 Å². The van der Waals surface area contributed by atoms with Gasteiger partial charge in [0.1, 0.15) is 0 Å². The summed E-state index contributed by atoms with van der Waals surface area (Å²) in [6.45, 7) is -1.62. The summed E-state index contributed by atoms with van der Waals surface area (Å²) in [4.78, 5) is 9.47. The third-order valence-electron chi connectivity index (χ3n) is 2.29. The lowest BCUT2D eigenvalue weighted by Crippen LogP contribution is -2.15. The fourth-order valence-corrected chi connectivity index (χ4v) is 5.39. The summed E-state index contributed by atoms with van der Waals surface area (Å²) in [5.74, 6) is 0. The van der Waals surface area contributed by atoms with Crippen LogP contribution in [0.4, 0.5) is 0 Å². The summed E-state index contributed by atoms with van der Waals surface area (Å²) >= 11 is 1.03. The van der Waals surface area contributed by atoms with Gasteiger partial charge in [-0.1, -0.05) is 30.3 Å². The highest BCUT2D eigenvalue weighted by Gasteiger charge is 2.35. The van der Waals surface area contributed by atoms with Gasteiger partial charge in [-0.25, -0.2) is 4.57 Å². The van der Waals surface area contributed by atoms with Crippen molar-refractivity contribution in [2.45, 2.75) is 24.7 Å². The van der Waals surface area contributed by atoms with Crippen molar-refractivity contribution in [3.05, 3.63) is 35.9 Å². The van der Waals surface area contributed by atoms with E-state index in [1.165, 1.54) is 0 Å². The van der Waals surface area contributed by atoms with Gasteiger partial charge in [-0.3, -0.25) is 4.52 Å². The molecule has 1 heterocycles. The van der Waals surface area contributed by atoms with Crippen molar-refractivity contribution in [2.75, 3.05) is 0 Å². The molecule has 0 amide bonds. The van der Waals surface area contributed by atoms with Crippen molar-refractivity contribution in [1.29, 1.82) is 0 Å². The molecule has 3 atom stereocenters. The third kappa shape index (κ3) is 2.85. The molecule has 2 rings (SSSR count). The van der Waals surface area contributed by atoms with Gasteiger partial charge in [0.2, 0.25) is 0 Å². The average molecular weight is 244 g/mol. The first-order valence-electron chi connectivity index (χ1n) is 4.81. The quantitative estimate of drug-likeness (QED) is 0.769. The molecule has 0 spiro atoms. The summed E-state index contributed by atoms with van der Waals surface area (Å²) in [7, 11) is 0. The van der Waals surface area contributed by atoms with Crippen LogP contribution in [-0.2, 0) is 9.09 Å². The SMILES string of the molecule is CC1CC(c2ccccc2)SP(=O)(O)O1. The molecule has 3 nitrogen and oxygen atoms in total. The van der Waals surface area contributed by atoms with E-state index in [9.17, 15) is 9.46 Å². The van der Waals surface area contributed by atoms with E-state index in [0.29, 0.717) is 0 Å². The van der Waals surface area contributed by atoms with Gasteiger partial charge in [-0.2, -0.15) is 0 Å². The van der Waals surface area contributed by atoms with Gasteiger partial charge in [0.25, 0.3) is 0 Å². The van der Waals surface area contributed by atoms with Crippen LogP contribution >= 0.6 is 18.2 Å². The van der Waals surface area contributed by atoms with Crippen LogP contribution in [0.1, 0.15) is 24.2 Å². The first-order chi connectivity index (χ1) is 7.07. The molecule has 1 aromatic carbocycles. The van der Waals surface area contributed by atoms with Crippen molar-refractivity contribution in [1.82, 2.24) is 0 Å². The van der Waals surface area contributed by atoms with Gasteiger partial charge in [0.15, 0.2) is 0 Å². The van der Waals surface area contributed by atoms with E-state index in [1.54, 1.807) is 0 Å². The molecule has 1 aliphatic rings. The molecular formula is C10H13O3PS. The van der Waals surface area contributed by atoms with Gasteiger partial charge in [0, 0.05) is 5.25 Å². The molecule has 0 bridgehead atoms. The van der Waals surface area contributed by atoms with E-state index in [-0.39, 0.29) is 11.4 Å². The zero-order chi connectivity index (χ0) is 10.9. The maximum absolute atomic E-state index is 11.5. The number of hydrogen-bond donors (Lipinski definition) is 1. The lowest BCUT2D eigenvalue weighted by Gasteiger charge is -2.29. The Morgan fingerprint density at radius 2 is 2.13 bits per heavy atom. The van der Waals surface area contributed by atoms with Crippen molar-refractivity contribution in [3.8, 4) is 0 Å². The highest BCUT2D eigenvalue weighted by Crippen LogP contribution is 2.66. The van der Waals surface area contributed by atoms with E-state index in [1.807, 2.05) is 37.3 Å². The zero-order valence-electron chi connectivity index (χ0n) is 8.37. The summed E-state index contributed by atoms with van der Waals surface area (Å²) in [6.07, 6.45) is 0.617. The Kier molecular flexibility index (Phi) is 3.21. The maximum atomic E-state index is 11.5. The van der Waals surface area contributed by atoms with Crippen molar-refractivity contribution < 1.29 is 14.0 Å². The van der Waals surface area contributed by atoms with Gasteiger partial charge in [0.05, 0.1) is 6.10 Å². The smallest absolute Gasteiger partial charge is 0.316 e. The van der Waals surface area contributed by atoms with Gasteiger partial charge in [-0.15, -0.1) is 0 Å². The third-order valence-corrected chi connectivity index (χ3v) is 5.72. The highest BCUT2D eigenvalue weighted by molar-refractivity contribution is 8.55. The second-order valence-electron chi connectivity index (χ2n) is 3.63. The normalized spacial score (nSPS) is 36.4. The molecule has 0 radical (unpaired) electrons. The van der Waals surface area contributed by atoms with E-state index in [4.69, 9.17) is 4.52 Å². The minimum absolute atomic E-state index is 0.0609. The van der Waals surface area contributed by atoms with Crippen LogP contribution in [0.15, 0.2) is 30.3 Å². The largest absolute Gasteiger partial charge is 0.387 e. The predicted molar refractivity (Wildman–Crippen MR) is 61.8 cm³/mol. The Morgan fingerprint density at radius 3 is 2.73 bits per heavy atom. The molecule has 1 fully saturated rings. The Morgan fingerprint density at radius 1 is 1.47 bits per heavy atom. The fourth-order valence-electron chi connectivity index (χ4n) is 1.67. The summed E-state index contributed by atoms with van der Waals surface area (Å²) in [5.41, 5.74) is 1.09. The molecule has 3 unspecified atom stereocenters. The van der Waals surface area contributed by atoms with E-state index in [2.05, 4.69) is 0 Å². The molecule has 1 N–H and O–H groups in total. The van der Waals surface area contributed by atoms with Crippen LogP contribution in [0.2, 0.25) is 0 Å². The number of hydrogen-bond acceptors (Lipinski definition) is 3. The van der Waals surface area contributed by atoms with Gasteiger partial charge < -0.3 is 4.89 Å². The lowest BCUT2D eigenvalue weighted by molar-refractivity contribution is 0.185. The van der Waals surface area contributed by atoms with E-state index >= 15 is 0 Å². The Hall–Kier alpha value is -0.280. The molecule has 82 valence electrons. The van der Waals surface area contributed by atoms with Crippen LogP contribution in [0, 0.1) is 0 Å². The molecule has 1 saturated heterocycles. The molecule has 0 saturated carbocycles. The number of benzene rings is 1. The molecule has 0 aliphatic carbocycles. The Bertz CT molecular complexity index is 382. The van der Waals surface area contributed by atoms with Crippen molar-refractivity contribution >= 4 is 18.2 Å². The van der Waals surface area contributed by atoms with Crippen LogP contribution in [0.3, 0.4) is 0 Å². The zero-order valence-corrected chi connectivity index (χ0v) is 10.1. The molecule has 0 aromatic heterocycles. The molecule has 1 aliphatic heterocycles. The van der Waals surface area contributed by atoms with Gasteiger partial charge >= 0.3 is 6.80 Å². The molecular weight excluding hydrogens is 231 g/mol. The second-order valence-corrected chi connectivity index (χ2v) is 7.57. The van der Waals surface area contributed by atoms with E-state index < -0.39 is 6.80 Å². The summed E-state index contributed by atoms with van der Waals surface area (Å²) in [6, 6.07) is 9.79. The first kappa shape index (κ1) is 11.2.